The summed E-state index contributed by atoms with van der Waals surface area (Å²) >= 11 is 1.90. The molecule has 1 aliphatic heterocycles. The molecule has 0 saturated heterocycles. The standard InChI is InChI=1S/C21H36N4OS/c1-2-22-20(24-17-21(10-14-26)8-4-3-5-9-21)23-11-13-25-12-6-19-18(16-25)7-15-27-19/h7,15,26H,2-6,8-14,16-17H2,1H3,(H2,22,23,24). The maximum absolute atomic E-state index is 9.51. The molecule has 5 nitrogen and oxygen atoms in total. The van der Waals surface area contributed by atoms with E-state index in [-0.39, 0.29) is 12.0 Å². The van der Waals surface area contributed by atoms with Gasteiger partial charge in [-0.3, -0.25) is 9.89 Å². The van der Waals surface area contributed by atoms with E-state index in [4.69, 9.17) is 4.99 Å². The van der Waals surface area contributed by atoms with Gasteiger partial charge in [0.2, 0.25) is 0 Å². The van der Waals surface area contributed by atoms with Crippen LogP contribution in [0.25, 0.3) is 0 Å². The van der Waals surface area contributed by atoms with Crippen molar-refractivity contribution in [2.75, 3.05) is 39.3 Å². The highest BCUT2D eigenvalue weighted by molar-refractivity contribution is 7.10. The molecular weight excluding hydrogens is 356 g/mol. The summed E-state index contributed by atoms with van der Waals surface area (Å²) in [7, 11) is 0. The van der Waals surface area contributed by atoms with Crippen LogP contribution in [0.1, 0.15) is 55.9 Å². The average molecular weight is 393 g/mol. The first kappa shape index (κ1) is 20.6. The highest BCUT2D eigenvalue weighted by Gasteiger charge is 2.31. The number of rotatable bonds is 8. The van der Waals surface area contributed by atoms with Crippen LogP contribution in [0.4, 0.5) is 0 Å². The zero-order valence-electron chi connectivity index (χ0n) is 16.8. The molecule has 0 atom stereocenters. The maximum atomic E-state index is 9.51. The van der Waals surface area contributed by atoms with E-state index in [1.807, 2.05) is 11.3 Å². The monoisotopic (exact) mass is 392 g/mol. The van der Waals surface area contributed by atoms with Crippen LogP contribution in [0.15, 0.2) is 16.4 Å². The first-order valence-corrected chi connectivity index (χ1v) is 11.5. The van der Waals surface area contributed by atoms with Gasteiger partial charge in [0.25, 0.3) is 0 Å². The number of hydrogen-bond acceptors (Lipinski definition) is 4. The second kappa shape index (κ2) is 10.4. The van der Waals surface area contributed by atoms with Crippen LogP contribution in [0, 0.1) is 5.41 Å². The maximum Gasteiger partial charge on any atom is 0.191 e. The summed E-state index contributed by atoms with van der Waals surface area (Å²) in [6.45, 7) is 8.28. The van der Waals surface area contributed by atoms with Crippen molar-refractivity contribution in [3.8, 4) is 0 Å². The summed E-state index contributed by atoms with van der Waals surface area (Å²) in [5.41, 5.74) is 1.72. The van der Waals surface area contributed by atoms with Crippen molar-refractivity contribution in [3.05, 3.63) is 21.9 Å². The number of nitrogens with one attached hydrogen (secondary N) is 2. The van der Waals surface area contributed by atoms with E-state index in [1.54, 1.807) is 4.88 Å². The number of aliphatic hydroxyl groups excluding tert-OH is 1. The molecule has 1 saturated carbocycles. The van der Waals surface area contributed by atoms with E-state index in [9.17, 15) is 5.11 Å². The number of aliphatic imine (C=N–C) groups is 1. The first-order valence-electron chi connectivity index (χ1n) is 10.7. The number of hydrogen-bond donors (Lipinski definition) is 3. The molecule has 0 aromatic carbocycles. The van der Waals surface area contributed by atoms with Crippen molar-refractivity contribution in [2.45, 2.75) is 58.4 Å². The van der Waals surface area contributed by atoms with E-state index in [0.29, 0.717) is 0 Å². The molecular formula is C21H36N4OS. The molecule has 0 bridgehead atoms. The topological polar surface area (TPSA) is 59.9 Å². The highest BCUT2D eigenvalue weighted by Crippen LogP contribution is 2.39. The molecule has 3 N–H and O–H groups in total. The number of nitrogens with zero attached hydrogens (tertiary/aromatic N) is 2. The van der Waals surface area contributed by atoms with Gasteiger partial charge in [0, 0.05) is 50.8 Å². The van der Waals surface area contributed by atoms with E-state index >= 15 is 0 Å². The van der Waals surface area contributed by atoms with Crippen molar-refractivity contribution in [1.29, 1.82) is 0 Å². The minimum atomic E-state index is 0.206. The molecule has 0 radical (unpaired) electrons. The largest absolute Gasteiger partial charge is 0.396 e. The van der Waals surface area contributed by atoms with Gasteiger partial charge >= 0.3 is 0 Å². The van der Waals surface area contributed by atoms with Gasteiger partial charge in [-0.2, -0.15) is 0 Å². The predicted molar refractivity (Wildman–Crippen MR) is 115 cm³/mol. The number of guanidine groups is 1. The Morgan fingerprint density at radius 2 is 2.15 bits per heavy atom. The second-order valence-electron chi connectivity index (χ2n) is 8.05. The summed E-state index contributed by atoms with van der Waals surface area (Å²) < 4.78 is 0. The molecule has 1 aromatic heterocycles. The Bertz CT molecular complexity index is 589. The van der Waals surface area contributed by atoms with Gasteiger partial charge in [0.05, 0.1) is 0 Å². The molecule has 1 aromatic rings. The van der Waals surface area contributed by atoms with Gasteiger partial charge in [-0.05, 0) is 55.0 Å². The lowest BCUT2D eigenvalue weighted by atomic mass is 9.72. The minimum Gasteiger partial charge on any atom is -0.396 e. The summed E-state index contributed by atoms with van der Waals surface area (Å²) in [6, 6.07) is 2.27. The minimum absolute atomic E-state index is 0.206. The van der Waals surface area contributed by atoms with Crippen LogP contribution < -0.4 is 10.6 Å². The fourth-order valence-electron chi connectivity index (χ4n) is 4.44. The molecule has 1 aliphatic carbocycles. The molecule has 0 amide bonds. The second-order valence-corrected chi connectivity index (χ2v) is 9.05. The molecule has 0 spiro atoms. The molecule has 2 aliphatic rings. The van der Waals surface area contributed by atoms with Gasteiger partial charge in [0.1, 0.15) is 0 Å². The Labute approximate surface area is 168 Å². The Morgan fingerprint density at radius 3 is 2.93 bits per heavy atom. The fourth-order valence-corrected chi connectivity index (χ4v) is 5.33. The van der Waals surface area contributed by atoms with Crippen LogP contribution in [-0.2, 0) is 13.0 Å². The normalized spacial score (nSPS) is 20.3. The molecule has 3 rings (SSSR count). The molecule has 6 heteroatoms. The molecule has 27 heavy (non-hydrogen) atoms. The SMILES string of the molecule is CCNC(=NCC1(CCO)CCCCC1)NCCN1CCc2sccc2C1. The van der Waals surface area contributed by atoms with Crippen molar-refractivity contribution < 1.29 is 5.11 Å². The first-order chi connectivity index (χ1) is 13.2. The summed E-state index contributed by atoms with van der Waals surface area (Å²) in [5, 5.41) is 18.6. The third-order valence-corrected chi connectivity index (χ3v) is 7.10. The lowest BCUT2D eigenvalue weighted by Gasteiger charge is -2.35. The number of aliphatic hydroxyl groups is 1. The Morgan fingerprint density at radius 1 is 1.30 bits per heavy atom. The van der Waals surface area contributed by atoms with Gasteiger partial charge in [-0.1, -0.05) is 19.3 Å². The Hall–Kier alpha value is -1.11. The van der Waals surface area contributed by atoms with Crippen LogP contribution in [0.3, 0.4) is 0 Å². The zero-order valence-corrected chi connectivity index (χ0v) is 17.6. The van der Waals surface area contributed by atoms with E-state index in [1.165, 1.54) is 44.1 Å². The third-order valence-electron chi connectivity index (χ3n) is 6.08. The third kappa shape index (κ3) is 5.93. The van der Waals surface area contributed by atoms with Crippen molar-refractivity contribution >= 4 is 17.3 Å². The molecule has 2 heterocycles. The van der Waals surface area contributed by atoms with Crippen LogP contribution in [0.2, 0.25) is 0 Å². The van der Waals surface area contributed by atoms with Gasteiger partial charge in [-0.15, -0.1) is 11.3 Å². The highest BCUT2D eigenvalue weighted by atomic mass is 32.1. The summed E-state index contributed by atoms with van der Waals surface area (Å²) in [6.07, 6.45) is 8.35. The van der Waals surface area contributed by atoms with E-state index in [0.717, 1.165) is 51.6 Å². The molecule has 1 fully saturated rings. The summed E-state index contributed by atoms with van der Waals surface area (Å²) in [4.78, 5) is 9.00. The quantitative estimate of drug-likeness (QED) is 0.470. The number of thiophene rings is 1. The van der Waals surface area contributed by atoms with Crippen LogP contribution in [-0.4, -0.2) is 55.3 Å². The van der Waals surface area contributed by atoms with Gasteiger partial charge in [-0.25, -0.2) is 0 Å². The van der Waals surface area contributed by atoms with Gasteiger partial charge < -0.3 is 15.7 Å². The van der Waals surface area contributed by atoms with E-state index in [2.05, 4.69) is 33.9 Å². The molecule has 0 unspecified atom stereocenters. The van der Waals surface area contributed by atoms with Gasteiger partial charge in [0.15, 0.2) is 5.96 Å². The fraction of sp³-hybridized carbons (Fsp3) is 0.762. The average Bonchev–Trinajstić information content (AvgIpc) is 3.15. The Kier molecular flexibility index (Phi) is 7.97. The van der Waals surface area contributed by atoms with Crippen LogP contribution >= 0.6 is 11.3 Å². The lowest BCUT2D eigenvalue weighted by Crippen LogP contribution is -2.43. The van der Waals surface area contributed by atoms with E-state index < -0.39 is 0 Å². The summed E-state index contributed by atoms with van der Waals surface area (Å²) in [5.74, 6) is 0.925. The smallest absolute Gasteiger partial charge is 0.191 e. The zero-order chi connectivity index (χ0) is 19.0. The lowest BCUT2D eigenvalue weighted by molar-refractivity contribution is 0.137. The Balaban J connectivity index is 1.48. The van der Waals surface area contributed by atoms with Crippen molar-refractivity contribution in [2.24, 2.45) is 10.4 Å². The van der Waals surface area contributed by atoms with Crippen molar-refractivity contribution in [1.82, 2.24) is 15.5 Å². The molecule has 152 valence electrons. The predicted octanol–water partition coefficient (Wildman–Crippen LogP) is 2.99. The van der Waals surface area contributed by atoms with Crippen molar-refractivity contribution in [3.63, 3.8) is 0 Å². The van der Waals surface area contributed by atoms with Crippen LogP contribution in [0.5, 0.6) is 0 Å². The number of fused-ring (bicyclic) bond motifs is 1.